The SMILES string of the molecule is Cc1ccc2nc(C)c(C(=O)NCc3ccccc3)n2n1. The van der Waals surface area contributed by atoms with Crippen LogP contribution in [0, 0.1) is 13.8 Å². The van der Waals surface area contributed by atoms with E-state index in [1.54, 1.807) is 4.52 Å². The van der Waals surface area contributed by atoms with Crippen molar-refractivity contribution in [1.29, 1.82) is 0 Å². The van der Waals surface area contributed by atoms with Gasteiger partial charge in [-0.3, -0.25) is 4.79 Å². The zero-order chi connectivity index (χ0) is 14.8. The monoisotopic (exact) mass is 280 g/mol. The number of fused-ring (bicyclic) bond motifs is 1. The summed E-state index contributed by atoms with van der Waals surface area (Å²) in [7, 11) is 0. The van der Waals surface area contributed by atoms with Gasteiger partial charge in [-0.2, -0.15) is 5.10 Å². The van der Waals surface area contributed by atoms with Gasteiger partial charge in [0.05, 0.1) is 11.4 Å². The average Bonchev–Trinajstić information content (AvgIpc) is 2.81. The molecule has 5 nitrogen and oxygen atoms in total. The van der Waals surface area contributed by atoms with Crippen LogP contribution < -0.4 is 5.32 Å². The molecule has 21 heavy (non-hydrogen) atoms. The molecule has 1 N–H and O–H groups in total. The van der Waals surface area contributed by atoms with Crippen molar-refractivity contribution in [1.82, 2.24) is 19.9 Å². The molecule has 0 aliphatic carbocycles. The fourth-order valence-corrected chi connectivity index (χ4v) is 2.26. The van der Waals surface area contributed by atoms with Crippen molar-refractivity contribution in [2.45, 2.75) is 20.4 Å². The highest BCUT2D eigenvalue weighted by atomic mass is 16.2. The van der Waals surface area contributed by atoms with Gasteiger partial charge in [0, 0.05) is 6.54 Å². The quantitative estimate of drug-likeness (QED) is 0.800. The normalized spacial score (nSPS) is 10.8. The van der Waals surface area contributed by atoms with Crippen molar-refractivity contribution in [3.05, 3.63) is 65.1 Å². The first-order valence-electron chi connectivity index (χ1n) is 6.80. The molecular weight excluding hydrogens is 264 g/mol. The number of aromatic nitrogens is 3. The molecule has 1 amide bonds. The zero-order valence-corrected chi connectivity index (χ0v) is 12.0. The molecule has 0 atom stereocenters. The van der Waals surface area contributed by atoms with Crippen LogP contribution in [0.1, 0.15) is 27.4 Å². The van der Waals surface area contributed by atoms with Gasteiger partial charge < -0.3 is 5.32 Å². The van der Waals surface area contributed by atoms with Crippen LogP contribution in [-0.2, 0) is 6.54 Å². The second-order valence-corrected chi connectivity index (χ2v) is 4.96. The Bertz CT molecular complexity index is 793. The van der Waals surface area contributed by atoms with Gasteiger partial charge in [-0.1, -0.05) is 30.3 Å². The van der Waals surface area contributed by atoms with E-state index in [9.17, 15) is 4.79 Å². The minimum absolute atomic E-state index is 0.165. The minimum atomic E-state index is -0.165. The highest BCUT2D eigenvalue weighted by Gasteiger charge is 2.17. The van der Waals surface area contributed by atoms with Gasteiger partial charge in [-0.15, -0.1) is 0 Å². The number of amides is 1. The summed E-state index contributed by atoms with van der Waals surface area (Å²) in [5.74, 6) is -0.165. The van der Waals surface area contributed by atoms with Gasteiger partial charge in [0.25, 0.3) is 5.91 Å². The predicted octanol–water partition coefficient (Wildman–Crippen LogP) is 2.28. The van der Waals surface area contributed by atoms with Crippen LogP contribution in [0.2, 0.25) is 0 Å². The summed E-state index contributed by atoms with van der Waals surface area (Å²) in [6.45, 7) is 4.19. The van der Waals surface area contributed by atoms with E-state index in [4.69, 9.17) is 0 Å². The Morgan fingerprint density at radius 2 is 1.90 bits per heavy atom. The first-order valence-corrected chi connectivity index (χ1v) is 6.80. The molecular formula is C16H16N4O. The third-order valence-electron chi connectivity index (χ3n) is 3.30. The van der Waals surface area contributed by atoms with E-state index in [1.807, 2.05) is 56.3 Å². The summed E-state index contributed by atoms with van der Waals surface area (Å²) in [6, 6.07) is 13.6. The molecule has 0 saturated carbocycles. The first kappa shape index (κ1) is 13.3. The van der Waals surface area contributed by atoms with E-state index in [0.717, 1.165) is 11.3 Å². The Balaban J connectivity index is 1.87. The lowest BCUT2D eigenvalue weighted by Crippen LogP contribution is -2.25. The maximum Gasteiger partial charge on any atom is 0.272 e. The number of nitrogens with zero attached hydrogens (tertiary/aromatic N) is 3. The molecule has 0 unspecified atom stereocenters. The van der Waals surface area contributed by atoms with Crippen molar-refractivity contribution in [3.63, 3.8) is 0 Å². The summed E-state index contributed by atoms with van der Waals surface area (Å²) in [4.78, 5) is 16.8. The average molecular weight is 280 g/mol. The lowest BCUT2D eigenvalue weighted by Gasteiger charge is -2.06. The number of carbonyl (C=O) groups is 1. The maximum absolute atomic E-state index is 12.4. The van der Waals surface area contributed by atoms with E-state index >= 15 is 0 Å². The summed E-state index contributed by atoms with van der Waals surface area (Å²) in [5.41, 5.74) is 3.75. The molecule has 3 rings (SSSR count). The Kier molecular flexibility index (Phi) is 3.39. The molecule has 106 valence electrons. The minimum Gasteiger partial charge on any atom is -0.347 e. The molecule has 0 spiro atoms. The maximum atomic E-state index is 12.4. The third-order valence-corrected chi connectivity index (χ3v) is 3.30. The lowest BCUT2D eigenvalue weighted by molar-refractivity contribution is 0.0943. The number of hydrogen-bond donors (Lipinski definition) is 1. The number of rotatable bonds is 3. The van der Waals surface area contributed by atoms with Crippen LogP contribution in [0.5, 0.6) is 0 Å². The molecule has 0 radical (unpaired) electrons. The first-order chi connectivity index (χ1) is 10.1. The van der Waals surface area contributed by atoms with E-state index in [0.29, 0.717) is 23.6 Å². The Morgan fingerprint density at radius 3 is 2.67 bits per heavy atom. The molecule has 0 fully saturated rings. The van der Waals surface area contributed by atoms with Gasteiger partial charge in [0.1, 0.15) is 0 Å². The molecule has 0 saturated heterocycles. The van der Waals surface area contributed by atoms with Crippen molar-refractivity contribution in [2.24, 2.45) is 0 Å². The number of imidazole rings is 1. The van der Waals surface area contributed by atoms with Crippen molar-refractivity contribution in [3.8, 4) is 0 Å². The van der Waals surface area contributed by atoms with Crippen LogP contribution in [0.3, 0.4) is 0 Å². The molecule has 0 bridgehead atoms. The van der Waals surface area contributed by atoms with E-state index in [1.165, 1.54) is 0 Å². The fraction of sp³-hybridized carbons (Fsp3) is 0.188. The smallest absolute Gasteiger partial charge is 0.272 e. The molecule has 2 aromatic heterocycles. The lowest BCUT2D eigenvalue weighted by atomic mass is 10.2. The van der Waals surface area contributed by atoms with Crippen molar-refractivity contribution < 1.29 is 4.79 Å². The van der Waals surface area contributed by atoms with Gasteiger partial charge in [-0.25, -0.2) is 9.50 Å². The zero-order valence-electron chi connectivity index (χ0n) is 12.0. The van der Waals surface area contributed by atoms with Crippen LogP contribution in [0.15, 0.2) is 42.5 Å². The van der Waals surface area contributed by atoms with Crippen LogP contribution in [-0.4, -0.2) is 20.5 Å². The van der Waals surface area contributed by atoms with Gasteiger partial charge >= 0.3 is 0 Å². The summed E-state index contributed by atoms with van der Waals surface area (Å²) < 4.78 is 1.60. The highest BCUT2D eigenvalue weighted by Crippen LogP contribution is 2.11. The number of carbonyl (C=O) groups excluding carboxylic acids is 1. The predicted molar refractivity (Wildman–Crippen MR) is 80.1 cm³/mol. The van der Waals surface area contributed by atoms with E-state index in [-0.39, 0.29) is 5.91 Å². The second-order valence-electron chi connectivity index (χ2n) is 4.96. The highest BCUT2D eigenvalue weighted by molar-refractivity contribution is 5.94. The van der Waals surface area contributed by atoms with Crippen LogP contribution in [0.25, 0.3) is 5.65 Å². The summed E-state index contributed by atoms with van der Waals surface area (Å²) >= 11 is 0. The van der Waals surface area contributed by atoms with Crippen LogP contribution >= 0.6 is 0 Å². The molecule has 5 heteroatoms. The fourth-order valence-electron chi connectivity index (χ4n) is 2.26. The number of aryl methyl sites for hydroxylation is 2. The number of benzene rings is 1. The van der Waals surface area contributed by atoms with E-state index < -0.39 is 0 Å². The standard InChI is InChI=1S/C16H16N4O/c1-11-8-9-14-18-12(2)15(20(14)19-11)16(21)17-10-13-6-4-3-5-7-13/h3-9H,10H2,1-2H3,(H,17,21). The molecule has 2 heterocycles. The second kappa shape index (κ2) is 5.36. The van der Waals surface area contributed by atoms with Crippen molar-refractivity contribution >= 4 is 11.6 Å². The third kappa shape index (κ3) is 2.63. The molecule has 0 aliphatic heterocycles. The molecule has 0 aliphatic rings. The Labute approximate surface area is 122 Å². The molecule has 3 aromatic rings. The number of hydrogen-bond acceptors (Lipinski definition) is 3. The van der Waals surface area contributed by atoms with Gasteiger partial charge in [0.15, 0.2) is 11.3 Å². The summed E-state index contributed by atoms with van der Waals surface area (Å²) in [5, 5.41) is 7.28. The Hall–Kier alpha value is -2.69. The summed E-state index contributed by atoms with van der Waals surface area (Å²) in [6.07, 6.45) is 0. The van der Waals surface area contributed by atoms with Crippen molar-refractivity contribution in [2.75, 3.05) is 0 Å². The molecule has 1 aromatic carbocycles. The topological polar surface area (TPSA) is 59.3 Å². The number of nitrogens with one attached hydrogen (secondary N) is 1. The van der Waals surface area contributed by atoms with Gasteiger partial charge in [0.2, 0.25) is 0 Å². The van der Waals surface area contributed by atoms with Gasteiger partial charge in [-0.05, 0) is 31.5 Å². The van der Waals surface area contributed by atoms with E-state index in [2.05, 4.69) is 15.4 Å². The largest absolute Gasteiger partial charge is 0.347 e. The Morgan fingerprint density at radius 1 is 1.14 bits per heavy atom. The van der Waals surface area contributed by atoms with Crippen LogP contribution in [0.4, 0.5) is 0 Å².